The highest BCUT2D eigenvalue weighted by molar-refractivity contribution is 5.72. The fourth-order valence-electron chi connectivity index (χ4n) is 7.37. The van der Waals surface area contributed by atoms with Crippen LogP contribution in [0.3, 0.4) is 0 Å². The van der Waals surface area contributed by atoms with E-state index in [1.165, 1.54) is 96.3 Å². The van der Waals surface area contributed by atoms with Crippen LogP contribution in [0.1, 0.15) is 206 Å². The standard InChI is InChI=1S/C59H99NO7/c1-6-8-10-12-14-16-18-20-22-24-26-28-29-30-32-34-36-38-40-42-44-46-48-50-58(62)67-55(53-65-52-51-56(59(63)64)60(3,4)5)54-66-57(61)49-47-45-43-41-39-37-35-33-31-27-25-23-21-19-17-15-13-11-9-7-2/h8,10,14,16,20,22,26-28,30-32,36,38,42,44,55-56H,6-7,9,11-13,15,17-19,21,23-25,29,33-35,37,39-41,43,45-54H2,1-5H3/p+1/b10-8+,16-14+,22-20+,28-26+,31-27+,32-30+,38-36+,44-42+. The second kappa shape index (κ2) is 48.7. The Hall–Kier alpha value is -3.75. The zero-order valence-corrected chi connectivity index (χ0v) is 43.6. The molecule has 0 radical (unpaired) electrons. The molecule has 0 spiro atoms. The lowest BCUT2D eigenvalue weighted by molar-refractivity contribution is -0.887. The zero-order valence-electron chi connectivity index (χ0n) is 43.6. The summed E-state index contributed by atoms with van der Waals surface area (Å²) in [6.45, 7) is 4.56. The monoisotopic (exact) mass is 935 g/mol. The number of carboxylic acid groups (broad SMARTS) is 1. The fraction of sp³-hybridized carbons (Fsp3) is 0.678. The molecule has 0 saturated heterocycles. The Morgan fingerprint density at radius 2 is 0.851 bits per heavy atom. The predicted molar refractivity (Wildman–Crippen MR) is 284 cm³/mol. The minimum absolute atomic E-state index is 0.0312. The van der Waals surface area contributed by atoms with Gasteiger partial charge in [0.05, 0.1) is 34.4 Å². The van der Waals surface area contributed by atoms with E-state index in [0.29, 0.717) is 19.3 Å². The van der Waals surface area contributed by atoms with E-state index in [-0.39, 0.29) is 42.7 Å². The summed E-state index contributed by atoms with van der Waals surface area (Å²) >= 11 is 0. The van der Waals surface area contributed by atoms with E-state index in [1.807, 2.05) is 21.1 Å². The van der Waals surface area contributed by atoms with Crippen LogP contribution in [0.25, 0.3) is 0 Å². The van der Waals surface area contributed by atoms with Crippen molar-refractivity contribution in [1.29, 1.82) is 0 Å². The predicted octanol–water partition coefficient (Wildman–Crippen LogP) is 15.8. The Morgan fingerprint density at radius 1 is 0.463 bits per heavy atom. The van der Waals surface area contributed by atoms with Crippen molar-refractivity contribution in [2.45, 2.75) is 219 Å². The number of unbranched alkanes of at least 4 members (excludes halogenated alkanes) is 17. The normalized spacial score (nSPS) is 13.6. The average molecular weight is 935 g/mol. The number of hydrogen-bond donors (Lipinski definition) is 1. The molecule has 0 bridgehead atoms. The van der Waals surface area contributed by atoms with Crippen LogP contribution >= 0.6 is 0 Å². The van der Waals surface area contributed by atoms with Crippen molar-refractivity contribution < 1.29 is 38.2 Å². The summed E-state index contributed by atoms with van der Waals surface area (Å²) in [6.07, 6.45) is 66.1. The van der Waals surface area contributed by atoms with Gasteiger partial charge < -0.3 is 23.8 Å². The van der Waals surface area contributed by atoms with Crippen molar-refractivity contribution in [3.63, 3.8) is 0 Å². The molecule has 0 saturated carbocycles. The van der Waals surface area contributed by atoms with Crippen molar-refractivity contribution in [3.05, 3.63) is 97.2 Å². The molecule has 0 fully saturated rings. The molecule has 382 valence electrons. The Bertz CT molecular complexity index is 1410. The topological polar surface area (TPSA) is 99.1 Å². The van der Waals surface area contributed by atoms with Gasteiger partial charge in [0, 0.05) is 19.3 Å². The van der Waals surface area contributed by atoms with Crippen LogP contribution in [0.5, 0.6) is 0 Å². The van der Waals surface area contributed by atoms with Gasteiger partial charge in [-0.2, -0.15) is 0 Å². The van der Waals surface area contributed by atoms with Crippen molar-refractivity contribution in [2.75, 3.05) is 41.0 Å². The highest BCUT2D eigenvalue weighted by Gasteiger charge is 2.31. The molecule has 8 heteroatoms. The van der Waals surface area contributed by atoms with Gasteiger partial charge in [-0.25, -0.2) is 4.79 Å². The molecule has 0 aliphatic heterocycles. The van der Waals surface area contributed by atoms with Gasteiger partial charge >= 0.3 is 17.9 Å². The number of carbonyl (C=O) groups excluding carboxylic acids is 2. The van der Waals surface area contributed by atoms with E-state index < -0.39 is 18.1 Å². The average Bonchev–Trinajstić information content (AvgIpc) is 3.29. The summed E-state index contributed by atoms with van der Waals surface area (Å²) in [4.78, 5) is 37.2. The molecular formula is C59H100NO7+. The third kappa shape index (κ3) is 47.1. The molecule has 0 rings (SSSR count). The van der Waals surface area contributed by atoms with Gasteiger partial charge in [0.1, 0.15) is 6.61 Å². The summed E-state index contributed by atoms with van der Waals surface area (Å²) in [5.74, 6) is -1.56. The first kappa shape index (κ1) is 63.2. The number of likely N-dealkylation sites (N-methyl/N-ethyl adjacent to an activating group) is 1. The van der Waals surface area contributed by atoms with E-state index in [0.717, 1.165) is 70.6 Å². The highest BCUT2D eigenvalue weighted by atomic mass is 16.6. The second-order valence-corrected chi connectivity index (χ2v) is 18.7. The summed E-state index contributed by atoms with van der Waals surface area (Å²) in [5, 5.41) is 9.66. The molecule has 0 aromatic rings. The van der Waals surface area contributed by atoms with Gasteiger partial charge in [-0.1, -0.05) is 195 Å². The maximum absolute atomic E-state index is 12.8. The lowest BCUT2D eigenvalue weighted by Gasteiger charge is -2.31. The molecule has 0 aliphatic rings. The molecule has 2 unspecified atom stereocenters. The molecule has 0 heterocycles. The number of nitrogens with zero attached hydrogens (tertiary/aromatic N) is 1. The van der Waals surface area contributed by atoms with Gasteiger partial charge in [0.25, 0.3) is 0 Å². The first-order valence-corrected chi connectivity index (χ1v) is 26.8. The number of quaternary nitrogens is 1. The molecule has 2 atom stereocenters. The fourth-order valence-corrected chi connectivity index (χ4v) is 7.37. The van der Waals surface area contributed by atoms with Crippen molar-refractivity contribution in [3.8, 4) is 0 Å². The van der Waals surface area contributed by atoms with E-state index in [1.54, 1.807) is 0 Å². The number of carbonyl (C=O) groups is 3. The number of carboxylic acids is 1. The number of allylic oxidation sites excluding steroid dienone is 16. The van der Waals surface area contributed by atoms with Gasteiger partial charge in [-0.3, -0.25) is 9.59 Å². The third-order valence-corrected chi connectivity index (χ3v) is 11.5. The number of hydrogen-bond acceptors (Lipinski definition) is 6. The lowest BCUT2D eigenvalue weighted by atomic mass is 10.1. The van der Waals surface area contributed by atoms with E-state index in [9.17, 15) is 19.5 Å². The van der Waals surface area contributed by atoms with Crippen molar-refractivity contribution >= 4 is 17.9 Å². The third-order valence-electron chi connectivity index (χ3n) is 11.5. The van der Waals surface area contributed by atoms with Crippen LogP contribution < -0.4 is 0 Å². The van der Waals surface area contributed by atoms with E-state index in [2.05, 4.69) is 111 Å². The maximum atomic E-state index is 12.8. The van der Waals surface area contributed by atoms with Crippen LogP contribution in [0.15, 0.2) is 97.2 Å². The smallest absolute Gasteiger partial charge is 0.362 e. The minimum atomic E-state index is -0.887. The molecule has 67 heavy (non-hydrogen) atoms. The molecule has 8 nitrogen and oxygen atoms in total. The second-order valence-electron chi connectivity index (χ2n) is 18.7. The number of ether oxygens (including phenoxy) is 3. The molecule has 1 N–H and O–H groups in total. The van der Waals surface area contributed by atoms with Crippen LogP contribution in [0.2, 0.25) is 0 Å². The van der Waals surface area contributed by atoms with Crippen LogP contribution in [0.4, 0.5) is 0 Å². The Labute approximate surface area is 411 Å². The number of rotatable bonds is 47. The summed E-state index contributed by atoms with van der Waals surface area (Å²) < 4.78 is 17.3. The van der Waals surface area contributed by atoms with Crippen LogP contribution in [0, 0.1) is 0 Å². The SMILES string of the molecule is CC/C=C/C/C=C/C/C=C/C/C=C/C/C=C/C/C=C/C/C=C/CCCC(=O)OC(COCCC(C(=O)O)[N+](C)(C)C)COC(=O)CCCCCCCCC/C=C/CCCCCCCCCCC. The molecule has 0 aliphatic carbocycles. The Balaban J connectivity index is 4.36. The van der Waals surface area contributed by atoms with E-state index in [4.69, 9.17) is 14.2 Å². The Kier molecular flexibility index (Phi) is 46.0. The quantitative estimate of drug-likeness (QED) is 0.0281. The first-order valence-electron chi connectivity index (χ1n) is 26.8. The zero-order chi connectivity index (χ0) is 49.2. The van der Waals surface area contributed by atoms with Crippen molar-refractivity contribution in [1.82, 2.24) is 0 Å². The molecule has 0 aromatic heterocycles. The number of aliphatic carboxylic acids is 1. The first-order chi connectivity index (χ1) is 32.6. The highest BCUT2D eigenvalue weighted by Crippen LogP contribution is 2.14. The minimum Gasteiger partial charge on any atom is -0.477 e. The maximum Gasteiger partial charge on any atom is 0.362 e. The van der Waals surface area contributed by atoms with E-state index >= 15 is 0 Å². The van der Waals surface area contributed by atoms with Crippen LogP contribution in [-0.4, -0.2) is 80.6 Å². The summed E-state index contributed by atoms with van der Waals surface area (Å²) in [7, 11) is 5.51. The van der Waals surface area contributed by atoms with Crippen LogP contribution in [-0.2, 0) is 28.6 Å². The van der Waals surface area contributed by atoms with Gasteiger partial charge in [0.2, 0.25) is 0 Å². The van der Waals surface area contributed by atoms with Crippen molar-refractivity contribution in [2.24, 2.45) is 0 Å². The molecule has 0 aromatic carbocycles. The lowest BCUT2D eigenvalue weighted by Crippen LogP contribution is -2.50. The summed E-state index contributed by atoms with van der Waals surface area (Å²) in [5.41, 5.74) is 0. The number of esters is 2. The Morgan fingerprint density at radius 3 is 1.30 bits per heavy atom. The van der Waals surface area contributed by atoms with Gasteiger partial charge in [0.15, 0.2) is 12.1 Å². The van der Waals surface area contributed by atoms with Gasteiger partial charge in [-0.05, 0) is 89.9 Å². The van der Waals surface area contributed by atoms with Gasteiger partial charge in [-0.15, -0.1) is 0 Å². The molecule has 0 amide bonds. The summed E-state index contributed by atoms with van der Waals surface area (Å²) in [6, 6.07) is -0.632. The largest absolute Gasteiger partial charge is 0.477 e. The molecular weight excluding hydrogens is 835 g/mol.